The molecule has 1 aromatic rings. The van der Waals surface area contributed by atoms with Gasteiger partial charge >= 0.3 is 0 Å². The Hall–Kier alpha value is -1.09. The van der Waals surface area contributed by atoms with Crippen molar-refractivity contribution in [1.29, 1.82) is 0 Å². The summed E-state index contributed by atoms with van der Waals surface area (Å²) in [5.74, 6) is 0.341. The Kier molecular flexibility index (Phi) is 4.94. The predicted molar refractivity (Wildman–Crippen MR) is 68.7 cm³/mol. The minimum atomic E-state index is -0.215. The van der Waals surface area contributed by atoms with Crippen molar-refractivity contribution in [2.75, 3.05) is 13.7 Å². The highest BCUT2D eigenvalue weighted by Crippen LogP contribution is 2.18. The van der Waals surface area contributed by atoms with E-state index in [0.29, 0.717) is 23.3 Å². The van der Waals surface area contributed by atoms with E-state index in [-0.39, 0.29) is 5.82 Å². The molecule has 0 amide bonds. The molecule has 0 aliphatic carbocycles. The number of hydrogen-bond donors (Lipinski definition) is 1. The SMILES string of the molecule is COc1ccc(CNCCC(C)(C)C)c(F)c1. The van der Waals surface area contributed by atoms with Crippen molar-refractivity contribution in [3.63, 3.8) is 0 Å². The largest absolute Gasteiger partial charge is 0.497 e. The molecule has 0 bridgehead atoms. The van der Waals surface area contributed by atoms with Gasteiger partial charge in [0, 0.05) is 18.2 Å². The van der Waals surface area contributed by atoms with Crippen molar-refractivity contribution >= 4 is 0 Å². The zero-order chi connectivity index (χ0) is 12.9. The summed E-state index contributed by atoms with van der Waals surface area (Å²) in [4.78, 5) is 0. The molecular formula is C14H22FNO. The lowest BCUT2D eigenvalue weighted by Crippen LogP contribution is -2.20. The highest BCUT2D eigenvalue weighted by Gasteiger charge is 2.09. The molecule has 0 radical (unpaired) electrons. The smallest absolute Gasteiger partial charge is 0.131 e. The van der Waals surface area contributed by atoms with Crippen molar-refractivity contribution in [1.82, 2.24) is 5.32 Å². The minimum Gasteiger partial charge on any atom is -0.497 e. The molecule has 0 saturated heterocycles. The zero-order valence-electron chi connectivity index (χ0n) is 11.1. The lowest BCUT2D eigenvalue weighted by atomic mass is 9.92. The van der Waals surface area contributed by atoms with E-state index in [4.69, 9.17) is 4.74 Å². The fourth-order valence-electron chi connectivity index (χ4n) is 1.48. The number of halogens is 1. The summed E-state index contributed by atoms with van der Waals surface area (Å²) >= 11 is 0. The Labute approximate surface area is 103 Å². The first-order chi connectivity index (χ1) is 7.92. The third-order valence-corrected chi connectivity index (χ3v) is 2.63. The van der Waals surface area contributed by atoms with Crippen molar-refractivity contribution in [2.45, 2.75) is 33.7 Å². The molecule has 0 saturated carbocycles. The summed E-state index contributed by atoms with van der Waals surface area (Å²) in [5, 5.41) is 3.26. The van der Waals surface area contributed by atoms with Gasteiger partial charge in [-0.2, -0.15) is 0 Å². The summed E-state index contributed by atoms with van der Waals surface area (Å²) in [6, 6.07) is 4.96. The second-order valence-corrected chi connectivity index (χ2v) is 5.44. The predicted octanol–water partition coefficient (Wildman–Crippen LogP) is 3.36. The fraction of sp³-hybridized carbons (Fsp3) is 0.571. The Bertz CT molecular complexity index is 358. The van der Waals surface area contributed by atoms with E-state index in [9.17, 15) is 4.39 Å². The number of ether oxygens (including phenoxy) is 1. The van der Waals surface area contributed by atoms with Crippen LogP contribution in [0.1, 0.15) is 32.8 Å². The van der Waals surface area contributed by atoms with E-state index in [1.165, 1.54) is 13.2 Å². The number of nitrogens with one attached hydrogen (secondary N) is 1. The highest BCUT2D eigenvalue weighted by atomic mass is 19.1. The maximum Gasteiger partial charge on any atom is 0.131 e. The van der Waals surface area contributed by atoms with E-state index < -0.39 is 0 Å². The van der Waals surface area contributed by atoms with E-state index >= 15 is 0 Å². The molecule has 0 unspecified atom stereocenters. The normalized spacial score (nSPS) is 11.6. The van der Waals surface area contributed by atoms with E-state index in [1.54, 1.807) is 12.1 Å². The lowest BCUT2D eigenvalue weighted by Gasteiger charge is -2.18. The molecule has 0 aliphatic rings. The quantitative estimate of drug-likeness (QED) is 0.795. The Morgan fingerprint density at radius 3 is 2.53 bits per heavy atom. The molecule has 17 heavy (non-hydrogen) atoms. The standard InChI is InChI=1S/C14H22FNO/c1-14(2,3)7-8-16-10-11-5-6-12(17-4)9-13(11)15/h5-6,9,16H,7-8,10H2,1-4H3. The summed E-state index contributed by atoms with van der Waals surface area (Å²) in [7, 11) is 1.54. The van der Waals surface area contributed by atoms with E-state index in [1.807, 2.05) is 0 Å². The Balaban J connectivity index is 2.42. The average Bonchev–Trinajstić information content (AvgIpc) is 2.24. The van der Waals surface area contributed by atoms with Gasteiger partial charge in [-0.25, -0.2) is 4.39 Å². The van der Waals surface area contributed by atoms with Crippen LogP contribution >= 0.6 is 0 Å². The van der Waals surface area contributed by atoms with Crippen LogP contribution in [0.15, 0.2) is 18.2 Å². The summed E-state index contributed by atoms with van der Waals surface area (Å²) in [6.07, 6.45) is 1.07. The Morgan fingerprint density at radius 2 is 2.00 bits per heavy atom. The van der Waals surface area contributed by atoms with Crippen molar-refractivity contribution in [3.05, 3.63) is 29.6 Å². The topological polar surface area (TPSA) is 21.3 Å². The summed E-state index contributed by atoms with van der Waals surface area (Å²) in [5.41, 5.74) is 0.991. The van der Waals surface area contributed by atoms with Gasteiger partial charge < -0.3 is 10.1 Å². The molecule has 1 aromatic carbocycles. The molecule has 1 N–H and O–H groups in total. The molecule has 0 spiro atoms. The van der Waals surface area contributed by atoms with Gasteiger partial charge in [0.2, 0.25) is 0 Å². The number of methoxy groups -OCH3 is 1. The molecule has 1 rings (SSSR count). The molecule has 0 fully saturated rings. The fourth-order valence-corrected chi connectivity index (χ4v) is 1.48. The molecule has 0 aliphatic heterocycles. The van der Waals surface area contributed by atoms with Crippen LogP contribution in [0.5, 0.6) is 5.75 Å². The zero-order valence-corrected chi connectivity index (χ0v) is 11.1. The van der Waals surface area contributed by atoms with Gasteiger partial charge in [-0.05, 0) is 24.4 Å². The molecule has 96 valence electrons. The summed E-state index contributed by atoms with van der Waals surface area (Å²) < 4.78 is 18.5. The second-order valence-electron chi connectivity index (χ2n) is 5.44. The monoisotopic (exact) mass is 239 g/mol. The minimum absolute atomic E-state index is 0.215. The maximum absolute atomic E-state index is 13.6. The molecular weight excluding hydrogens is 217 g/mol. The highest BCUT2D eigenvalue weighted by molar-refractivity contribution is 5.28. The van der Waals surface area contributed by atoms with Crippen LogP contribution < -0.4 is 10.1 Å². The molecule has 0 heterocycles. The summed E-state index contributed by atoms with van der Waals surface area (Å²) in [6.45, 7) is 8.05. The lowest BCUT2D eigenvalue weighted by molar-refractivity contribution is 0.366. The third-order valence-electron chi connectivity index (χ3n) is 2.63. The van der Waals surface area contributed by atoms with Crippen molar-refractivity contribution in [3.8, 4) is 5.75 Å². The van der Waals surface area contributed by atoms with Crippen molar-refractivity contribution in [2.24, 2.45) is 5.41 Å². The molecule has 2 nitrogen and oxygen atoms in total. The van der Waals surface area contributed by atoms with Gasteiger partial charge in [-0.15, -0.1) is 0 Å². The maximum atomic E-state index is 13.6. The second kappa shape index (κ2) is 6.01. The van der Waals surface area contributed by atoms with Gasteiger partial charge in [0.1, 0.15) is 11.6 Å². The van der Waals surface area contributed by atoms with Gasteiger partial charge in [0.15, 0.2) is 0 Å². The van der Waals surface area contributed by atoms with Gasteiger partial charge in [-0.3, -0.25) is 0 Å². The van der Waals surface area contributed by atoms with Crippen LogP contribution in [0.4, 0.5) is 4.39 Å². The Morgan fingerprint density at radius 1 is 1.29 bits per heavy atom. The number of rotatable bonds is 5. The van der Waals surface area contributed by atoms with E-state index in [2.05, 4.69) is 26.1 Å². The van der Waals surface area contributed by atoms with Gasteiger partial charge in [-0.1, -0.05) is 26.8 Å². The van der Waals surface area contributed by atoms with Crippen LogP contribution in [0.25, 0.3) is 0 Å². The van der Waals surface area contributed by atoms with Crippen LogP contribution in [0, 0.1) is 11.2 Å². The molecule has 0 atom stereocenters. The van der Waals surface area contributed by atoms with Crippen LogP contribution in [-0.4, -0.2) is 13.7 Å². The van der Waals surface area contributed by atoms with Crippen molar-refractivity contribution < 1.29 is 9.13 Å². The average molecular weight is 239 g/mol. The van der Waals surface area contributed by atoms with E-state index in [0.717, 1.165) is 13.0 Å². The first-order valence-electron chi connectivity index (χ1n) is 5.95. The number of benzene rings is 1. The first kappa shape index (κ1) is 14.0. The third kappa shape index (κ3) is 5.18. The van der Waals surface area contributed by atoms with Gasteiger partial charge in [0.25, 0.3) is 0 Å². The van der Waals surface area contributed by atoms with Gasteiger partial charge in [0.05, 0.1) is 7.11 Å². The number of hydrogen-bond acceptors (Lipinski definition) is 2. The van der Waals surface area contributed by atoms with Crippen LogP contribution in [-0.2, 0) is 6.54 Å². The van der Waals surface area contributed by atoms with Crippen LogP contribution in [0.2, 0.25) is 0 Å². The molecule has 0 aromatic heterocycles. The molecule has 3 heteroatoms. The van der Waals surface area contributed by atoms with Crippen LogP contribution in [0.3, 0.4) is 0 Å². The first-order valence-corrected chi connectivity index (χ1v) is 5.95.